The zero-order chi connectivity index (χ0) is 71.8. The van der Waals surface area contributed by atoms with E-state index < -0.39 is 97.5 Å². The first-order chi connectivity index (χ1) is 47.7. The van der Waals surface area contributed by atoms with Gasteiger partial charge < -0.3 is 33.8 Å². The van der Waals surface area contributed by atoms with Crippen LogP contribution in [0.3, 0.4) is 0 Å². The lowest BCUT2D eigenvalue weighted by molar-refractivity contribution is -0.161. The van der Waals surface area contributed by atoms with E-state index in [-0.39, 0.29) is 25.7 Å². The van der Waals surface area contributed by atoms with Crippen LogP contribution in [0.2, 0.25) is 0 Å². The van der Waals surface area contributed by atoms with Crippen LogP contribution in [-0.2, 0) is 65.4 Å². The highest BCUT2D eigenvalue weighted by Crippen LogP contribution is 2.45. The highest BCUT2D eigenvalue weighted by molar-refractivity contribution is 7.47. The van der Waals surface area contributed by atoms with Gasteiger partial charge in [-0.15, -0.1) is 0 Å². The quantitative estimate of drug-likeness (QED) is 0.0169. The van der Waals surface area contributed by atoms with Crippen LogP contribution in [0, 0.1) is 0 Å². The summed E-state index contributed by atoms with van der Waals surface area (Å²) in [6, 6.07) is 0. The second-order valence-corrected chi connectivity index (χ2v) is 29.5. The van der Waals surface area contributed by atoms with E-state index in [0.29, 0.717) is 25.7 Å². The van der Waals surface area contributed by atoms with Crippen LogP contribution >= 0.6 is 15.6 Å². The molecule has 0 saturated carbocycles. The Kier molecular flexibility index (Phi) is 69.7. The molecule has 17 nitrogen and oxygen atoms in total. The standard InChI is InChI=1S/C79H144O17P2/c1-5-9-13-17-21-25-29-32-35-36-39-41-45-48-52-56-60-64-77(82)90-70-75(96-79(84)66-62-58-54-50-46-42-38-34-31-27-23-19-15-11-7-3)72-94-98(87,88)92-68-73(80)67-91-97(85,86)93-71-74(95-78(83)65-61-57-53-49-43-28-24-20-16-12-8-4)69-89-76(81)63-59-55-51-47-44-40-37-33-30-26-22-18-14-10-6-2/h9,13,20-21,24-25,32,34-35,38,73-75,80H,5-8,10-12,14-19,22-23,26-31,33,36-37,39-72H2,1-4H3,(H,85,86)(H,87,88)/b13-9-,24-20-,25-21-,35-32-,38-34-. The van der Waals surface area contributed by atoms with Gasteiger partial charge in [0.2, 0.25) is 0 Å². The van der Waals surface area contributed by atoms with Crippen LogP contribution < -0.4 is 0 Å². The third-order valence-corrected chi connectivity index (χ3v) is 18.9. The maximum atomic E-state index is 13.1. The molecule has 98 heavy (non-hydrogen) atoms. The number of phosphoric ester groups is 2. The van der Waals surface area contributed by atoms with E-state index in [1.807, 2.05) is 0 Å². The van der Waals surface area contributed by atoms with Crippen LogP contribution in [-0.4, -0.2) is 96.7 Å². The molecule has 0 heterocycles. The SMILES string of the molecule is CC/C=C\C/C=C\C/C=C\CCCCCCCCCC(=O)OCC(COP(=O)(O)OCC(O)COP(=O)(O)OCC(COC(=O)CCCCCCCCCCCCCCCCC)OC(=O)CCCCCCC/C=C\CCCC)OC(=O)CCCCCCC/C=C\CCCCCCCC. The van der Waals surface area contributed by atoms with Gasteiger partial charge in [0.15, 0.2) is 12.2 Å². The van der Waals surface area contributed by atoms with Crippen molar-refractivity contribution >= 4 is 39.5 Å². The van der Waals surface area contributed by atoms with Crippen LogP contribution in [0.25, 0.3) is 0 Å². The average molecular weight is 1430 g/mol. The second kappa shape index (κ2) is 72.1. The number of unbranched alkanes of at least 4 members (excludes halogenated alkanes) is 39. The molecule has 3 N–H and O–H groups in total. The Bertz CT molecular complexity index is 2100. The molecule has 5 atom stereocenters. The van der Waals surface area contributed by atoms with E-state index in [1.54, 1.807) is 0 Å². The summed E-state index contributed by atoms with van der Waals surface area (Å²) in [6.07, 6.45) is 70.6. The van der Waals surface area contributed by atoms with Gasteiger partial charge in [-0.25, -0.2) is 9.13 Å². The molecule has 0 aliphatic rings. The Hall–Kier alpha value is -3.24. The zero-order valence-corrected chi connectivity index (χ0v) is 64.3. The van der Waals surface area contributed by atoms with Crippen LogP contribution in [0.15, 0.2) is 60.8 Å². The van der Waals surface area contributed by atoms with Gasteiger partial charge in [0.1, 0.15) is 19.3 Å². The van der Waals surface area contributed by atoms with Gasteiger partial charge in [0.25, 0.3) is 0 Å². The fourth-order valence-electron chi connectivity index (χ4n) is 10.9. The molecule has 0 saturated heterocycles. The topological polar surface area (TPSA) is 237 Å². The van der Waals surface area contributed by atoms with Crippen molar-refractivity contribution in [1.82, 2.24) is 0 Å². The predicted molar refractivity (Wildman–Crippen MR) is 400 cm³/mol. The minimum absolute atomic E-state index is 0.0865. The van der Waals surface area contributed by atoms with Gasteiger partial charge in [-0.05, 0) is 103 Å². The smallest absolute Gasteiger partial charge is 0.462 e. The van der Waals surface area contributed by atoms with Crippen molar-refractivity contribution in [3.8, 4) is 0 Å². The van der Waals surface area contributed by atoms with Gasteiger partial charge in [-0.2, -0.15) is 0 Å². The molecule has 0 aromatic rings. The monoisotopic (exact) mass is 1430 g/mol. The first-order valence-corrected chi connectivity index (χ1v) is 42.5. The molecular weight excluding hydrogens is 1280 g/mol. The summed E-state index contributed by atoms with van der Waals surface area (Å²) in [5, 5.41) is 10.6. The van der Waals surface area contributed by atoms with Crippen LogP contribution in [0.5, 0.6) is 0 Å². The molecular formula is C79H144O17P2. The molecule has 0 radical (unpaired) electrons. The van der Waals surface area contributed by atoms with E-state index in [0.717, 1.165) is 161 Å². The Labute approximate surface area is 597 Å². The van der Waals surface area contributed by atoms with E-state index in [1.165, 1.54) is 122 Å². The fraction of sp³-hybridized carbons (Fsp3) is 0.823. The summed E-state index contributed by atoms with van der Waals surface area (Å²) in [5.74, 6) is -2.17. The van der Waals surface area contributed by atoms with Gasteiger partial charge in [-0.3, -0.25) is 37.3 Å². The molecule has 19 heteroatoms. The number of aliphatic hydroxyl groups is 1. The molecule has 572 valence electrons. The molecule has 0 bridgehead atoms. The van der Waals surface area contributed by atoms with Gasteiger partial charge in [-0.1, -0.05) is 294 Å². The maximum absolute atomic E-state index is 13.1. The molecule has 5 unspecified atom stereocenters. The number of hydrogen-bond acceptors (Lipinski definition) is 15. The summed E-state index contributed by atoms with van der Waals surface area (Å²) in [6.45, 7) is 4.76. The van der Waals surface area contributed by atoms with Crippen LogP contribution in [0.4, 0.5) is 0 Å². The average Bonchev–Trinajstić information content (AvgIpc) is 0.986. The number of carbonyl (C=O) groups excluding carboxylic acids is 4. The summed E-state index contributed by atoms with van der Waals surface area (Å²) in [5.41, 5.74) is 0. The van der Waals surface area contributed by atoms with Crippen molar-refractivity contribution in [2.45, 2.75) is 380 Å². The number of hydrogen-bond donors (Lipinski definition) is 3. The molecule has 0 aromatic carbocycles. The van der Waals surface area contributed by atoms with Crippen LogP contribution in [0.1, 0.15) is 362 Å². The molecule has 0 aromatic heterocycles. The van der Waals surface area contributed by atoms with E-state index in [4.69, 9.17) is 37.0 Å². The van der Waals surface area contributed by atoms with Crippen molar-refractivity contribution in [1.29, 1.82) is 0 Å². The summed E-state index contributed by atoms with van der Waals surface area (Å²) < 4.78 is 68.5. The largest absolute Gasteiger partial charge is 0.472 e. The van der Waals surface area contributed by atoms with E-state index >= 15 is 0 Å². The molecule has 0 aliphatic heterocycles. The first-order valence-electron chi connectivity index (χ1n) is 39.5. The summed E-state index contributed by atoms with van der Waals surface area (Å²) in [7, 11) is -9.94. The lowest BCUT2D eigenvalue weighted by Crippen LogP contribution is -2.30. The minimum atomic E-state index is -4.97. The van der Waals surface area contributed by atoms with Gasteiger partial charge >= 0.3 is 39.5 Å². The maximum Gasteiger partial charge on any atom is 0.472 e. The highest BCUT2D eigenvalue weighted by atomic mass is 31.2. The Balaban J connectivity index is 5.30. The van der Waals surface area contributed by atoms with Crippen molar-refractivity contribution in [3.63, 3.8) is 0 Å². The number of esters is 4. The predicted octanol–water partition coefficient (Wildman–Crippen LogP) is 22.7. The van der Waals surface area contributed by atoms with Crippen molar-refractivity contribution < 1.29 is 80.2 Å². The lowest BCUT2D eigenvalue weighted by Gasteiger charge is -2.21. The molecule has 0 spiro atoms. The number of carbonyl (C=O) groups is 4. The molecule has 0 rings (SSSR count). The van der Waals surface area contributed by atoms with Crippen molar-refractivity contribution in [3.05, 3.63) is 60.8 Å². The highest BCUT2D eigenvalue weighted by Gasteiger charge is 2.30. The minimum Gasteiger partial charge on any atom is -0.462 e. The number of rotatable bonds is 75. The van der Waals surface area contributed by atoms with Gasteiger partial charge in [0, 0.05) is 25.7 Å². The summed E-state index contributed by atoms with van der Waals surface area (Å²) >= 11 is 0. The first kappa shape index (κ1) is 94.8. The lowest BCUT2D eigenvalue weighted by atomic mass is 10.0. The molecule has 0 aliphatic carbocycles. The number of allylic oxidation sites excluding steroid dienone is 10. The Morgan fingerprint density at radius 2 is 0.541 bits per heavy atom. The van der Waals surface area contributed by atoms with E-state index in [2.05, 4.69) is 88.5 Å². The molecule has 0 fully saturated rings. The molecule has 0 amide bonds. The van der Waals surface area contributed by atoms with Crippen molar-refractivity contribution in [2.24, 2.45) is 0 Å². The number of phosphoric acid groups is 2. The Morgan fingerprint density at radius 1 is 0.296 bits per heavy atom. The fourth-order valence-corrected chi connectivity index (χ4v) is 12.5. The second-order valence-electron chi connectivity index (χ2n) is 26.6. The summed E-state index contributed by atoms with van der Waals surface area (Å²) in [4.78, 5) is 72.9. The van der Waals surface area contributed by atoms with E-state index in [9.17, 15) is 43.2 Å². The Morgan fingerprint density at radius 3 is 0.857 bits per heavy atom. The normalized spacial score (nSPS) is 14.2. The number of aliphatic hydroxyl groups excluding tert-OH is 1. The number of ether oxygens (including phenoxy) is 4. The third kappa shape index (κ3) is 71.2. The van der Waals surface area contributed by atoms with Crippen molar-refractivity contribution in [2.75, 3.05) is 39.6 Å². The van der Waals surface area contributed by atoms with Gasteiger partial charge in [0.05, 0.1) is 26.4 Å². The third-order valence-electron chi connectivity index (χ3n) is 17.0. The zero-order valence-electron chi connectivity index (χ0n) is 62.5.